The fourth-order valence-electron chi connectivity index (χ4n) is 1.53. The van der Waals surface area contributed by atoms with E-state index < -0.39 is 0 Å². The smallest absolute Gasteiger partial charge is 0.220 e. The molecule has 0 aliphatic carbocycles. The molecule has 0 fully saturated rings. The fourth-order valence-corrected chi connectivity index (χ4v) is 1.76. The van der Waals surface area contributed by atoms with Gasteiger partial charge in [-0.15, -0.1) is 0 Å². The van der Waals surface area contributed by atoms with Crippen molar-refractivity contribution in [2.45, 2.75) is 32.2 Å². The molecule has 4 heteroatoms. The molecule has 1 aromatic carbocycles. The van der Waals surface area contributed by atoms with Crippen LogP contribution in [0.3, 0.4) is 0 Å². The summed E-state index contributed by atoms with van der Waals surface area (Å²) in [5.41, 5.74) is 0.973. The summed E-state index contributed by atoms with van der Waals surface area (Å²) in [6.07, 6.45) is 1.74. The lowest BCUT2D eigenvalue weighted by Gasteiger charge is -2.13. The number of aryl methyl sites for hydroxylation is 1. The van der Waals surface area contributed by atoms with E-state index in [2.05, 4.69) is 5.32 Å². The van der Waals surface area contributed by atoms with Gasteiger partial charge in [-0.1, -0.05) is 36.7 Å². The molecule has 0 heterocycles. The number of aliphatic hydroxyl groups is 1. The highest BCUT2D eigenvalue weighted by Gasteiger charge is 2.09. The van der Waals surface area contributed by atoms with Crippen LogP contribution in [0.25, 0.3) is 0 Å². The second kappa shape index (κ2) is 7.30. The van der Waals surface area contributed by atoms with Gasteiger partial charge in [-0.05, 0) is 24.5 Å². The van der Waals surface area contributed by atoms with Crippen LogP contribution in [0.15, 0.2) is 24.3 Å². The van der Waals surface area contributed by atoms with Crippen molar-refractivity contribution >= 4 is 17.5 Å². The quantitative estimate of drug-likeness (QED) is 0.819. The maximum atomic E-state index is 11.6. The molecule has 0 unspecified atom stereocenters. The number of amides is 1. The molecule has 1 atom stereocenters. The molecule has 1 amide bonds. The standard InChI is InChI=1S/C13H18ClNO2/c1-2-11(9-16)15-13(17)8-7-10-5-3-4-6-12(10)14/h3-6,11,16H,2,7-9H2,1H3,(H,15,17)/t11-/m0/s1. The van der Waals surface area contributed by atoms with Gasteiger partial charge in [-0.25, -0.2) is 0 Å². The van der Waals surface area contributed by atoms with Crippen molar-refractivity contribution in [1.29, 1.82) is 0 Å². The van der Waals surface area contributed by atoms with E-state index in [4.69, 9.17) is 16.7 Å². The van der Waals surface area contributed by atoms with Gasteiger partial charge in [-0.3, -0.25) is 4.79 Å². The Kier molecular flexibility index (Phi) is 6.01. The zero-order valence-corrected chi connectivity index (χ0v) is 10.7. The van der Waals surface area contributed by atoms with Crippen LogP contribution in [-0.2, 0) is 11.2 Å². The van der Waals surface area contributed by atoms with Crippen LogP contribution >= 0.6 is 11.6 Å². The molecule has 0 saturated carbocycles. The van der Waals surface area contributed by atoms with Gasteiger partial charge in [0.15, 0.2) is 0 Å². The van der Waals surface area contributed by atoms with Crippen molar-refractivity contribution in [1.82, 2.24) is 5.32 Å². The Morgan fingerprint density at radius 3 is 2.76 bits per heavy atom. The summed E-state index contributed by atoms with van der Waals surface area (Å²) in [6.45, 7) is 1.91. The number of carbonyl (C=O) groups is 1. The Hall–Kier alpha value is -1.06. The van der Waals surface area contributed by atoms with E-state index in [1.165, 1.54) is 0 Å². The second-order valence-electron chi connectivity index (χ2n) is 3.95. The van der Waals surface area contributed by atoms with Crippen molar-refractivity contribution in [3.8, 4) is 0 Å². The number of rotatable bonds is 6. The molecular weight excluding hydrogens is 238 g/mol. The molecular formula is C13H18ClNO2. The first-order valence-corrected chi connectivity index (χ1v) is 6.18. The van der Waals surface area contributed by atoms with Crippen LogP contribution in [0.2, 0.25) is 5.02 Å². The van der Waals surface area contributed by atoms with Crippen LogP contribution in [0.5, 0.6) is 0 Å². The highest BCUT2D eigenvalue weighted by atomic mass is 35.5. The summed E-state index contributed by atoms with van der Waals surface area (Å²) >= 11 is 6.00. The van der Waals surface area contributed by atoms with E-state index in [0.717, 1.165) is 12.0 Å². The lowest BCUT2D eigenvalue weighted by Crippen LogP contribution is -2.37. The largest absolute Gasteiger partial charge is 0.394 e. The fraction of sp³-hybridized carbons (Fsp3) is 0.462. The minimum absolute atomic E-state index is 0.0195. The lowest BCUT2D eigenvalue weighted by atomic mass is 10.1. The predicted molar refractivity (Wildman–Crippen MR) is 69.1 cm³/mol. The zero-order chi connectivity index (χ0) is 12.7. The third-order valence-corrected chi connectivity index (χ3v) is 3.03. The van der Waals surface area contributed by atoms with E-state index in [9.17, 15) is 4.79 Å². The van der Waals surface area contributed by atoms with Gasteiger partial charge < -0.3 is 10.4 Å². The van der Waals surface area contributed by atoms with E-state index in [1.807, 2.05) is 31.2 Å². The average molecular weight is 256 g/mol. The van der Waals surface area contributed by atoms with Gasteiger partial charge in [0.25, 0.3) is 0 Å². The summed E-state index contributed by atoms with van der Waals surface area (Å²) in [5.74, 6) is -0.0502. The first-order chi connectivity index (χ1) is 8.17. The predicted octanol–water partition coefficient (Wildman–Crippen LogP) is 2.16. The molecule has 3 nitrogen and oxygen atoms in total. The normalized spacial score (nSPS) is 12.2. The lowest BCUT2D eigenvalue weighted by molar-refractivity contribution is -0.122. The summed E-state index contributed by atoms with van der Waals surface area (Å²) in [5, 5.41) is 12.4. The Labute approximate surface area is 107 Å². The minimum Gasteiger partial charge on any atom is -0.394 e. The third-order valence-electron chi connectivity index (χ3n) is 2.66. The van der Waals surface area contributed by atoms with Crippen LogP contribution in [0, 0.1) is 0 Å². The van der Waals surface area contributed by atoms with Gasteiger partial charge in [0, 0.05) is 11.4 Å². The number of hydrogen-bond acceptors (Lipinski definition) is 2. The van der Waals surface area contributed by atoms with Gasteiger partial charge in [0.1, 0.15) is 0 Å². The SMILES string of the molecule is CC[C@@H](CO)NC(=O)CCc1ccccc1Cl. The van der Waals surface area contributed by atoms with E-state index in [-0.39, 0.29) is 18.6 Å². The van der Waals surface area contributed by atoms with Gasteiger partial charge in [-0.2, -0.15) is 0 Å². The molecule has 0 aromatic heterocycles. The molecule has 0 spiro atoms. The van der Waals surface area contributed by atoms with E-state index >= 15 is 0 Å². The molecule has 1 aromatic rings. The molecule has 0 bridgehead atoms. The Bertz CT molecular complexity index is 364. The van der Waals surface area contributed by atoms with Crippen molar-refractivity contribution < 1.29 is 9.90 Å². The topological polar surface area (TPSA) is 49.3 Å². The zero-order valence-electron chi connectivity index (χ0n) is 9.95. The molecule has 0 radical (unpaired) electrons. The van der Waals surface area contributed by atoms with Crippen molar-refractivity contribution in [2.24, 2.45) is 0 Å². The van der Waals surface area contributed by atoms with Crippen LogP contribution in [0.4, 0.5) is 0 Å². The highest BCUT2D eigenvalue weighted by Crippen LogP contribution is 2.16. The van der Waals surface area contributed by atoms with Crippen molar-refractivity contribution in [3.63, 3.8) is 0 Å². The third kappa shape index (κ3) is 4.75. The van der Waals surface area contributed by atoms with Gasteiger partial charge >= 0.3 is 0 Å². The number of nitrogens with one attached hydrogen (secondary N) is 1. The van der Waals surface area contributed by atoms with Crippen molar-refractivity contribution in [3.05, 3.63) is 34.9 Å². The Morgan fingerprint density at radius 2 is 2.18 bits per heavy atom. The summed E-state index contributed by atoms with van der Waals surface area (Å²) in [6, 6.07) is 7.36. The van der Waals surface area contributed by atoms with Gasteiger partial charge in [0.05, 0.1) is 12.6 Å². The number of aliphatic hydroxyl groups excluding tert-OH is 1. The van der Waals surface area contributed by atoms with Crippen LogP contribution in [-0.4, -0.2) is 23.7 Å². The highest BCUT2D eigenvalue weighted by molar-refractivity contribution is 6.31. The second-order valence-corrected chi connectivity index (χ2v) is 4.35. The minimum atomic E-state index is -0.145. The molecule has 2 N–H and O–H groups in total. The number of carbonyl (C=O) groups excluding carboxylic acids is 1. The molecule has 1 rings (SSSR count). The first kappa shape index (κ1) is 14.0. The number of benzene rings is 1. The molecule has 0 aliphatic heterocycles. The van der Waals surface area contributed by atoms with E-state index in [1.54, 1.807) is 0 Å². The van der Waals surface area contributed by atoms with Crippen molar-refractivity contribution in [2.75, 3.05) is 6.61 Å². The first-order valence-electron chi connectivity index (χ1n) is 5.81. The summed E-state index contributed by atoms with van der Waals surface area (Å²) in [7, 11) is 0. The van der Waals surface area contributed by atoms with Crippen LogP contribution in [0.1, 0.15) is 25.3 Å². The monoisotopic (exact) mass is 255 g/mol. The molecule has 0 saturated heterocycles. The molecule has 17 heavy (non-hydrogen) atoms. The number of hydrogen-bond donors (Lipinski definition) is 2. The van der Waals surface area contributed by atoms with E-state index in [0.29, 0.717) is 17.9 Å². The Balaban J connectivity index is 2.41. The summed E-state index contributed by atoms with van der Waals surface area (Å²) in [4.78, 5) is 11.6. The van der Waals surface area contributed by atoms with Crippen LogP contribution < -0.4 is 5.32 Å². The molecule has 0 aliphatic rings. The maximum absolute atomic E-state index is 11.6. The Morgan fingerprint density at radius 1 is 1.47 bits per heavy atom. The number of halogens is 1. The average Bonchev–Trinajstić information content (AvgIpc) is 2.35. The maximum Gasteiger partial charge on any atom is 0.220 e. The molecule has 94 valence electrons. The van der Waals surface area contributed by atoms with Gasteiger partial charge in [0.2, 0.25) is 5.91 Å². The summed E-state index contributed by atoms with van der Waals surface area (Å²) < 4.78 is 0.